The van der Waals surface area contributed by atoms with Gasteiger partial charge in [-0.15, -0.1) is 0 Å². The van der Waals surface area contributed by atoms with Crippen LogP contribution in [0.2, 0.25) is 0 Å². The van der Waals surface area contributed by atoms with Crippen molar-refractivity contribution in [2.24, 2.45) is 0 Å². The van der Waals surface area contributed by atoms with Crippen LogP contribution in [0.15, 0.2) is 72.6 Å². The lowest BCUT2D eigenvalue weighted by Crippen LogP contribution is -2.32. The molecule has 2 amide bonds. The van der Waals surface area contributed by atoms with Gasteiger partial charge in [-0.25, -0.2) is 4.39 Å². The number of halogens is 1. The standard InChI is InChI=1S/C24H20FN3O2/c1-15-6-11-20(16(2)13-15)27-22-21(17-7-9-18(25)10-8-17)23(29)28(24(22)30)14-19-5-3-4-12-26-19/h3-13,27H,14H2,1-2H3. The Morgan fingerprint density at radius 2 is 1.73 bits per heavy atom. The van der Waals surface area contributed by atoms with Crippen LogP contribution >= 0.6 is 0 Å². The minimum atomic E-state index is -0.440. The number of benzene rings is 2. The highest BCUT2D eigenvalue weighted by molar-refractivity contribution is 6.36. The normalized spacial score (nSPS) is 13.9. The van der Waals surface area contributed by atoms with Gasteiger partial charge in [-0.2, -0.15) is 0 Å². The summed E-state index contributed by atoms with van der Waals surface area (Å²) in [5, 5.41) is 3.15. The van der Waals surface area contributed by atoms with Crippen molar-refractivity contribution in [1.29, 1.82) is 0 Å². The molecule has 0 saturated heterocycles. The van der Waals surface area contributed by atoms with Crippen LogP contribution < -0.4 is 5.32 Å². The molecule has 1 aliphatic heterocycles. The van der Waals surface area contributed by atoms with Gasteiger partial charge in [0.1, 0.15) is 11.5 Å². The van der Waals surface area contributed by atoms with Crippen LogP contribution in [0.4, 0.5) is 10.1 Å². The van der Waals surface area contributed by atoms with Gasteiger partial charge in [0.05, 0.1) is 17.8 Å². The smallest absolute Gasteiger partial charge is 0.278 e. The molecule has 1 N–H and O–H groups in total. The second kappa shape index (κ2) is 7.91. The molecule has 3 aromatic rings. The number of hydrogen-bond acceptors (Lipinski definition) is 4. The maximum Gasteiger partial charge on any atom is 0.278 e. The SMILES string of the molecule is Cc1ccc(NC2=C(c3ccc(F)cc3)C(=O)N(Cc3ccccn3)C2=O)c(C)c1. The molecule has 0 radical (unpaired) electrons. The van der Waals surface area contributed by atoms with Gasteiger partial charge in [0.15, 0.2) is 0 Å². The molecular weight excluding hydrogens is 381 g/mol. The number of carbonyl (C=O) groups is 2. The van der Waals surface area contributed by atoms with E-state index in [4.69, 9.17) is 0 Å². The number of anilines is 1. The number of imide groups is 1. The zero-order chi connectivity index (χ0) is 21.3. The number of carbonyl (C=O) groups excluding carboxylic acids is 2. The molecule has 2 heterocycles. The predicted octanol–water partition coefficient (Wildman–Crippen LogP) is 4.23. The fraction of sp³-hybridized carbons (Fsp3) is 0.125. The van der Waals surface area contributed by atoms with Gasteiger partial charge in [0.2, 0.25) is 0 Å². The molecule has 0 saturated carbocycles. The van der Waals surface area contributed by atoms with Gasteiger partial charge in [-0.05, 0) is 55.3 Å². The predicted molar refractivity (Wildman–Crippen MR) is 113 cm³/mol. The Hall–Kier alpha value is -3.80. The van der Waals surface area contributed by atoms with E-state index in [0.29, 0.717) is 11.3 Å². The number of amides is 2. The van der Waals surface area contributed by atoms with Crippen LogP contribution in [-0.2, 0) is 16.1 Å². The Balaban J connectivity index is 1.76. The quantitative estimate of drug-likeness (QED) is 0.650. The zero-order valence-electron chi connectivity index (χ0n) is 16.6. The first-order chi connectivity index (χ1) is 14.4. The molecule has 0 fully saturated rings. The molecule has 5 nitrogen and oxygen atoms in total. The van der Waals surface area contributed by atoms with E-state index >= 15 is 0 Å². The van der Waals surface area contributed by atoms with Crippen molar-refractivity contribution in [2.75, 3.05) is 5.32 Å². The highest BCUT2D eigenvalue weighted by atomic mass is 19.1. The summed E-state index contributed by atoms with van der Waals surface area (Å²) >= 11 is 0. The lowest BCUT2D eigenvalue weighted by atomic mass is 10.0. The minimum absolute atomic E-state index is 0.0568. The van der Waals surface area contributed by atoms with Gasteiger partial charge in [-0.1, -0.05) is 35.9 Å². The van der Waals surface area contributed by atoms with Crippen molar-refractivity contribution in [3.8, 4) is 0 Å². The van der Waals surface area contributed by atoms with Crippen LogP contribution in [0, 0.1) is 19.7 Å². The summed E-state index contributed by atoms with van der Waals surface area (Å²) in [5.41, 5.74) is 4.25. The van der Waals surface area contributed by atoms with E-state index in [-0.39, 0.29) is 17.8 Å². The Bertz CT molecular complexity index is 1150. The second-order valence-electron chi connectivity index (χ2n) is 7.22. The third-order valence-corrected chi connectivity index (χ3v) is 4.99. The molecule has 0 spiro atoms. The fourth-order valence-electron chi connectivity index (χ4n) is 3.46. The van der Waals surface area contributed by atoms with Crippen molar-refractivity contribution in [2.45, 2.75) is 20.4 Å². The summed E-state index contributed by atoms with van der Waals surface area (Å²) in [7, 11) is 0. The van der Waals surface area contributed by atoms with Crippen molar-refractivity contribution in [1.82, 2.24) is 9.88 Å². The highest BCUT2D eigenvalue weighted by Gasteiger charge is 2.39. The summed E-state index contributed by atoms with van der Waals surface area (Å²) in [6.07, 6.45) is 1.61. The summed E-state index contributed by atoms with van der Waals surface area (Å²) < 4.78 is 13.4. The molecule has 0 bridgehead atoms. The average Bonchev–Trinajstić information content (AvgIpc) is 2.96. The van der Waals surface area contributed by atoms with Gasteiger partial charge in [0, 0.05) is 11.9 Å². The van der Waals surface area contributed by atoms with Gasteiger partial charge >= 0.3 is 0 Å². The number of rotatable bonds is 5. The molecule has 4 rings (SSSR count). The summed E-state index contributed by atoms with van der Waals surface area (Å²) in [4.78, 5) is 31.8. The van der Waals surface area contributed by atoms with E-state index in [1.807, 2.05) is 32.0 Å². The first kappa shape index (κ1) is 19.5. The number of nitrogens with one attached hydrogen (secondary N) is 1. The topological polar surface area (TPSA) is 62.3 Å². The molecule has 0 atom stereocenters. The molecule has 0 aliphatic carbocycles. The van der Waals surface area contributed by atoms with Crippen LogP contribution in [-0.4, -0.2) is 21.7 Å². The lowest BCUT2D eigenvalue weighted by Gasteiger charge is -2.15. The van der Waals surface area contributed by atoms with Gasteiger partial charge in [-0.3, -0.25) is 19.5 Å². The third kappa shape index (κ3) is 3.72. The largest absolute Gasteiger partial charge is 0.350 e. The second-order valence-corrected chi connectivity index (χ2v) is 7.22. The molecule has 6 heteroatoms. The molecule has 1 aliphatic rings. The maximum absolute atomic E-state index is 13.4. The highest BCUT2D eigenvalue weighted by Crippen LogP contribution is 2.32. The Labute approximate surface area is 173 Å². The average molecular weight is 401 g/mol. The van der Waals surface area contributed by atoms with Gasteiger partial charge in [0.25, 0.3) is 11.8 Å². The van der Waals surface area contributed by atoms with E-state index < -0.39 is 17.6 Å². The van der Waals surface area contributed by atoms with E-state index in [9.17, 15) is 14.0 Å². The minimum Gasteiger partial charge on any atom is -0.350 e. The van der Waals surface area contributed by atoms with E-state index in [1.54, 1.807) is 24.4 Å². The van der Waals surface area contributed by atoms with Crippen molar-refractivity contribution in [3.05, 3.63) is 101 Å². The lowest BCUT2D eigenvalue weighted by molar-refractivity contribution is -0.137. The monoisotopic (exact) mass is 401 g/mol. The summed E-state index contributed by atoms with van der Waals surface area (Å²) in [6, 6.07) is 16.7. The van der Waals surface area contributed by atoms with Crippen LogP contribution in [0.1, 0.15) is 22.4 Å². The molecule has 1 aromatic heterocycles. The summed E-state index contributed by atoms with van der Waals surface area (Å²) in [5.74, 6) is -1.29. The Morgan fingerprint density at radius 1 is 0.967 bits per heavy atom. The van der Waals surface area contributed by atoms with Crippen molar-refractivity contribution in [3.63, 3.8) is 0 Å². The van der Waals surface area contributed by atoms with Crippen molar-refractivity contribution < 1.29 is 14.0 Å². The number of pyridine rings is 1. The number of aromatic nitrogens is 1. The molecular formula is C24H20FN3O2. The zero-order valence-corrected chi connectivity index (χ0v) is 16.6. The van der Waals surface area contributed by atoms with E-state index in [2.05, 4.69) is 10.3 Å². The molecule has 150 valence electrons. The fourth-order valence-corrected chi connectivity index (χ4v) is 3.46. The van der Waals surface area contributed by atoms with E-state index in [1.165, 1.54) is 24.3 Å². The van der Waals surface area contributed by atoms with E-state index in [0.717, 1.165) is 21.7 Å². The third-order valence-electron chi connectivity index (χ3n) is 4.99. The first-order valence-corrected chi connectivity index (χ1v) is 9.54. The molecule has 30 heavy (non-hydrogen) atoms. The maximum atomic E-state index is 13.4. The Morgan fingerprint density at radius 3 is 2.40 bits per heavy atom. The number of hydrogen-bond donors (Lipinski definition) is 1. The number of nitrogens with zero attached hydrogens (tertiary/aromatic N) is 2. The summed E-state index contributed by atoms with van der Waals surface area (Å²) in [6.45, 7) is 3.97. The van der Waals surface area contributed by atoms with Crippen LogP contribution in [0.5, 0.6) is 0 Å². The number of aryl methyl sites for hydroxylation is 2. The molecule has 2 aromatic carbocycles. The van der Waals surface area contributed by atoms with Gasteiger partial charge < -0.3 is 5.32 Å². The van der Waals surface area contributed by atoms with Crippen molar-refractivity contribution >= 4 is 23.1 Å². The Kier molecular flexibility index (Phi) is 5.14. The first-order valence-electron chi connectivity index (χ1n) is 9.54. The van der Waals surface area contributed by atoms with Crippen LogP contribution in [0.25, 0.3) is 5.57 Å². The van der Waals surface area contributed by atoms with Crippen LogP contribution in [0.3, 0.4) is 0 Å². The molecule has 0 unspecified atom stereocenters.